The molecule has 1 unspecified atom stereocenters. The molecule has 1 saturated heterocycles. The predicted octanol–water partition coefficient (Wildman–Crippen LogP) is 4.64. The average molecular weight is 444 g/mol. The third-order valence-electron chi connectivity index (χ3n) is 6.93. The van der Waals surface area contributed by atoms with Crippen LogP contribution in [0.3, 0.4) is 0 Å². The second kappa shape index (κ2) is 9.46. The lowest BCUT2D eigenvalue weighted by molar-refractivity contribution is 0.0721. The van der Waals surface area contributed by atoms with Crippen LogP contribution >= 0.6 is 0 Å². The van der Waals surface area contributed by atoms with Crippen LogP contribution in [0.25, 0.3) is 0 Å². The molecule has 2 N–H and O–H groups in total. The van der Waals surface area contributed by atoms with Crippen LogP contribution < -0.4 is 10.6 Å². The lowest BCUT2D eigenvalue weighted by Crippen LogP contribution is -2.31. The molecule has 1 aliphatic carbocycles. The van der Waals surface area contributed by atoms with E-state index in [0.717, 1.165) is 24.4 Å². The minimum absolute atomic E-state index is 0.372. The third-order valence-corrected chi connectivity index (χ3v) is 6.93. The Morgan fingerprint density at radius 3 is 1.97 bits per heavy atom. The Morgan fingerprint density at radius 2 is 1.48 bits per heavy atom. The lowest BCUT2D eigenvalue weighted by Gasteiger charge is -2.24. The molecule has 1 heterocycles. The maximum Gasteiger partial charge on any atom is 0.107 e. The maximum absolute atomic E-state index is 13.0. The molecule has 1 aliphatic heterocycles. The Kier molecular flexibility index (Phi) is 6.25. The molecular weight excluding hydrogens is 413 g/mol. The first-order valence-electron chi connectivity index (χ1n) is 11.6. The van der Waals surface area contributed by atoms with Crippen LogP contribution in [-0.4, -0.2) is 44.7 Å². The van der Waals surface area contributed by atoms with Crippen LogP contribution in [0.4, 0.5) is 10.1 Å². The molecule has 0 amide bonds. The van der Waals surface area contributed by atoms with E-state index in [2.05, 4.69) is 65.6 Å². The number of anilines is 1. The number of hydrogen-bond acceptors (Lipinski definition) is 4. The molecule has 4 nitrogen and oxygen atoms in total. The van der Waals surface area contributed by atoms with Gasteiger partial charge in [-0.2, -0.15) is 0 Å². The molecule has 33 heavy (non-hydrogen) atoms. The molecular formula is C28H30FN3O. The van der Waals surface area contributed by atoms with Gasteiger partial charge in [0.1, 0.15) is 6.67 Å². The van der Waals surface area contributed by atoms with Gasteiger partial charge in [-0.25, -0.2) is 4.39 Å². The zero-order valence-electron chi connectivity index (χ0n) is 18.8. The molecule has 5 heteroatoms. The Balaban J connectivity index is 1.29. The summed E-state index contributed by atoms with van der Waals surface area (Å²) in [7, 11) is 1.57. The number of benzene rings is 3. The number of rotatable bonds is 8. The van der Waals surface area contributed by atoms with E-state index in [-0.39, 0.29) is 0 Å². The van der Waals surface area contributed by atoms with Crippen LogP contribution in [0, 0.1) is 11.8 Å². The van der Waals surface area contributed by atoms with E-state index in [1.54, 1.807) is 7.11 Å². The maximum atomic E-state index is 13.0. The van der Waals surface area contributed by atoms with E-state index >= 15 is 0 Å². The van der Waals surface area contributed by atoms with Gasteiger partial charge in [-0.3, -0.25) is 4.99 Å². The van der Waals surface area contributed by atoms with Gasteiger partial charge >= 0.3 is 0 Å². The number of nitrogens with two attached hydrogens (primary N) is 1. The molecule has 5 rings (SSSR count). The molecule has 0 bridgehead atoms. The molecule has 0 spiro atoms. The molecule has 2 fully saturated rings. The molecule has 2 aliphatic rings. The van der Waals surface area contributed by atoms with Crippen molar-refractivity contribution in [2.45, 2.75) is 18.2 Å². The summed E-state index contributed by atoms with van der Waals surface area (Å²) < 4.78 is 18.4. The van der Waals surface area contributed by atoms with Crippen LogP contribution in [-0.2, 0) is 4.74 Å². The van der Waals surface area contributed by atoms with Gasteiger partial charge < -0.3 is 15.4 Å². The predicted molar refractivity (Wildman–Crippen MR) is 132 cm³/mol. The van der Waals surface area contributed by atoms with Gasteiger partial charge in [-0.1, -0.05) is 72.8 Å². The van der Waals surface area contributed by atoms with Crippen molar-refractivity contribution in [1.29, 1.82) is 0 Å². The standard InChI is InChI=1S/C28H30FN3O/c1-33-28(25(30)16-29)21-12-14-22(15-13-21)32-17-23-24(18-32)27(23)31-26(19-8-4-2-5-9-19)20-10-6-3-7-11-20/h2-15,23-25,27-28H,16-18,30H2,1H3/t23-,24+,25-,27?,28-/m1/s1. The van der Waals surface area contributed by atoms with Crippen molar-refractivity contribution in [2.75, 3.05) is 31.8 Å². The van der Waals surface area contributed by atoms with E-state index in [0.29, 0.717) is 17.9 Å². The molecule has 3 aromatic rings. The summed E-state index contributed by atoms with van der Waals surface area (Å²) in [5.74, 6) is 1.16. The Labute approximate surface area is 194 Å². The second-order valence-electron chi connectivity index (χ2n) is 9.00. The molecule has 5 atom stereocenters. The fraction of sp³-hybridized carbons (Fsp3) is 0.321. The second-order valence-corrected chi connectivity index (χ2v) is 9.00. The fourth-order valence-corrected chi connectivity index (χ4v) is 5.07. The van der Waals surface area contributed by atoms with Crippen molar-refractivity contribution >= 4 is 11.4 Å². The molecule has 3 aromatic carbocycles. The summed E-state index contributed by atoms with van der Waals surface area (Å²) in [6.45, 7) is 1.41. The number of ether oxygens (including phenoxy) is 1. The first-order chi connectivity index (χ1) is 16.2. The van der Waals surface area contributed by atoms with Gasteiger partial charge in [0.25, 0.3) is 0 Å². The van der Waals surface area contributed by atoms with Gasteiger partial charge in [0.2, 0.25) is 0 Å². The molecule has 170 valence electrons. The Morgan fingerprint density at radius 1 is 0.939 bits per heavy atom. The summed E-state index contributed by atoms with van der Waals surface area (Å²) in [4.78, 5) is 7.67. The van der Waals surface area contributed by atoms with Crippen LogP contribution in [0.1, 0.15) is 22.8 Å². The number of piperidine rings is 1. The number of fused-ring (bicyclic) bond motifs is 1. The zero-order valence-corrected chi connectivity index (χ0v) is 18.8. The zero-order chi connectivity index (χ0) is 22.8. The first kappa shape index (κ1) is 21.8. The molecule has 0 aromatic heterocycles. The van der Waals surface area contributed by atoms with Crippen molar-refractivity contribution in [2.24, 2.45) is 22.6 Å². The highest BCUT2D eigenvalue weighted by atomic mass is 19.1. The quantitative estimate of drug-likeness (QED) is 0.516. The van der Waals surface area contributed by atoms with Crippen molar-refractivity contribution in [3.63, 3.8) is 0 Å². The highest BCUT2D eigenvalue weighted by Crippen LogP contribution is 2.49. The van der Waals surface area contributed by atoms with Crippen molar-refractivity contribution < 1.29 is 9.13 Å². The smallest absolute Gasteiger partial charge is 0.107 e. The Hall–Kier alpha value is -3.02. The molecule has 1 saturated carbocycles. The minimum atomic E-state index is -0.651. The van der Waals surface area contributed by atoms with Gasteiger partial charge in [-0.15, -0.1) is 0 Å². The van der Waals surface area contributed by atoms with Crippen molar-refractivity contribution in [1.82, 2.24) is 0 Å². The number of aliphatic imine (C=N–C) groups is 1. The van der Waals surface area contributed by atoms with Crippen molar-refractivity contribution in [3.8, 4) is 0 Å². The largest absolute Gasteiger partial charge is 0.375 e. The van der Waals surface area contributed by atoms with E-state index in [1.165, 1.54) is 16.8 Å². The number of alkyl halides is 1. The number of nitrogens with zero attached hydrogens (tertiary/aromatic N) is 2. The minimum Gasteiger partial charge on any atom is -0.375 e. The summed E-state index contributed by atoms with van der Waals surface area (Å²) in [5, 5.41) is 0. The van der Waals surface area contributed by atoms with E-state index in [1.807, 2.05) is 24.3 Å². The SMILES string of the molecule is CO[C@H](c1ccc(N2C[C@@H]3C(N=C(c4ccccc4)c4ccccc4)[C@@H]3C2)cc1)[C@H](N)CF. The normalized spacial score (nSPS) is 23.0. The van der Waals surface area contributed by atoms with Gasteiger partial charge in [0.15, 0.2) is 0 Å². The van der Waals surface area contributed by atoms with E-state index in [4.69, 9.17) is 15.5 Å². The first-order valence-corrected chi connectivity index (χ1v) is 11.6. The number of halogens is 1. The summed E-state index contributed by atoms with van der Waals surface area (Å²) in [6, 6.07) is 28.8. The summed E-state index contributed by atoms with van der Waals surface area (Å²) in [6.07, 6.45) is -0.427. The van der Waals surface area contributed by atoms with Crippen LogP contribution in [0.5, 0.6) is 0 Å². The molecule has 0 radical (unpaired) electrons. The van der Waals surface area contributed by atoms with Crippen LogP contribution in [0.15, 0.2) is 89.9 Å². The third kappa shape index (κ3) is 4.43. The summed E-state index contributed by atoms with van der Waals surface area (Å²) in [5.41, 5.74) is 11.4. The lowest BCUT2D eigenvalue weighted by atomic mass is 10.0. The highest BCUT2D eigenvalue weighted by molar-refractivity contribution is 6.13. The number of hydrogen-bond donors (Lipinski definition) is 1. The average Bonchev–Trinajstić information content (AvgIpc) is 3.31. The van der Waals surface area contributed by atoms with Crippen molar-refractivity contribution in [3.05, 3.63) is 102 Å². The van der Waals surface area contributed by atoms with E-state index < -0.39 is 18.8 Å². The fourth-order valence-electron chi connectivity index (χ4n) is 5.07. The number of methoxy groups -OCH3 is 1. The topological polar surface area (TPSA) is 50.8 Å². The Bertz CT molecular complexity index is 1030. The van der Waals surface area contributed by atoms with Crippen LogP contribution in [0.2, 0.25) is 0 Å². The summed E-state index contributed by atoms with van der Waals surface area (Å²) >= 11 is 0. The van der Waals surface area contributed by atoms with Gasteiger partial charge in [0, 0.05) is 48.8 Å². The monoisotopic (exact) mass is 443 g/mol. The van der Waals surface area contributed by atoms with Gasteiger partial charge in [0.05, 0.1) is 23.9 Å². The van der Waals surface area contributed by atoms with E-state index in [9.17, 15) is 4.39 Å². The van der Waals surface area contributed by atoms with Gasteiger partial charge in [-0.05, 0) is 17.7 Å². The highest BCUT2D eigenvalue weighted by Gasteiger charge is 2.56.